The number of carbonyl (C=O) groups excluding carboxylic acids is 1. The Morgan fingerprint density at radius 1 is 1.08 bits per heavy atom. The second-order valence-corrected chi connectivity index (χ2v) is 6.15. The van der Waals surface area contributed by atoms with Crippen LogP contribution in [0.2, 0.25) is 5.02 Å². The molecule has 1 amide bonds. The quantitative estimate of drug-likeness (QED) is 0.689. The van der Waals surface area contributed by atoms with Gasteiger partial charge in [-0.1, -0.05) is 41.9 Å². The summed E-state index contributed by atoms with van der Waals surface area (Å²) in [6, 6.07) is 15.8. The van der Waals surface area contributed by atoms with Crippen molar-refractivity contribution in [2.45, 2.75) is 6.61 Å². The first-order chi connectivity index (χ1) is 12.5. The molecule has 0 unspecified atom stereocenters. The Labute approximate surface area is 155 Å². The number of amides is 1. The number of aromatic carboxylic acids is 1. The molecule has 0 aliphatic heterocycles. The third-order valence-corrected chi connectivity index (χ3v) is 4.33. The molecule has 132 valence electrons. The van der Waals surface area contributed by atoms with Gasteiger partial charge in [0.15, 0.2) is 0 Å². The van der Waals surface area contributed by atoms with Crippen LogP contribution in [0.25, 0.3) is 10.8 Å². The average molecular weight is 370 g/mol. The molecule has 0 aliphatic carbocycles. The number of methoxy groups -OCH3 is 1. The van der Waals surface area contributed by atoms with Crippen molar-refractivity contribution in [2.75, 3.05) is 12.4 Å². The van der Waals surface area contributed by atoms with E-state index in [1.165, 1.54) is 19.2 Å². The topological polar surface area (TPSA) is 75.6 Å². The summed E-state index contributed by atoms with van der Waals surface area (Å²) in [5.74, 6) is -1.58. The van der Waals surface area contributed by atoms with E-state index in [2.05, 4.69) is 5.32 Å². The molecule has 0 radical (unpaired) electrons. The van der Waals surface area contributed by atoms with E-state index in [1.54, 1.807) is 12.1 Å². The molecule has 0 atom stereocenters. The minimum Gasteiger partial charge on any atom is -0.478 e. The molecule has 2 N–H and O–H groups in total. The number of benzene rings is 3. The van der Waals surface area contributed by atoms with Crippen molar-refractivity contribution in [2.24, 2.45) is 0 Å². The molecule has 0 saturated carbocycles. The number of nitrogens with one attached hydrogen (secondary N) is 1. The molecule has 3 rings (SSSR count). The minimum absolute atomic E-state index is 0.0796. The fourth-order valence-electron chi connectivity index (χ4n) is 2.69. The molecule has 0 heterocycles. The average Bonchev–Trinajstić information content (AvgIpc) is 2.63. The van der Waals surface area contributed by atoms with Gasteiger partial charge in [-0.05, 0) is 40.6 Å². The molecular weight excluding hydrogens is 354 g/mol. The number of anilines is 1. The van der Waals surface area contributed by atoms with Crippen molar-refractivity contribution in [3.63, 3.8) is 0 Å². The van der Waals surface area contributed by atoms with E-state index in [9.17, 15) is 14.7 Å². The largest absolute Gasteiger partial charge is 0.478 e. The standard InChI is InChI=1S/C20H16ClNO4/c1-26-11-15-9-18(16(20(24)25)10-17(15)21)22-19(23)14-7-6-12-4-2-3-5-13(12)8-14/h2-10H,11H2,1H3,(H,22,23)(H,24,25). The number of ether oxygens (including phenoxy) is 1. The van der Waals surface area contributed by atoms with Crippen molar-refractivity contribution >= 4 is 39.9 Å². The molecule has 0 fully saturated rings. The monoisotopic (exact) mass is 369 g/mol. The summed E-state index contributed by atoms with van der Waals surface area (Å²) in [4.78, 5) is 24.1. The third kappa shape index (κ3) is 3.69. The number of carboxylic acid groups (broad SMARTS) is 1. The zero-order valence-electron chi connectivity index (χ0n) is 14.0. The molecule has 0 saturated heterocycles. The highest BCUT2D eigenvalue weighted by Crippen LogP contribution is 2.27. The van der Waals surface area contributed by atoms with Gasteiger partial charge >= 0.3 is 5.97 Å². The zero-order chi connectivity index (χ0) is 18.7. The lowest BCUT2D eigenvalue weighted by atomic mass is 10.1. The molecule has 26 heavy (non-hydrogen) atoms. The maximum atomic E-state index is 12.6. The van der Waals surface area contributed by atoms with Gasteiger partial charge in [-0.25, -0.2) is 4.79 Å². The van der Waals surface area contributed by atoms with Crippen LogP contribution in [-0.4, -0.2) is 24.1 Å². The molecule has 0 aliphatic rings. The molecule has 5 nitrogen and oxygen atoms in total. The van der Waals surface area contributed by atoms with Crippen molar-refractivity contribution in [1.29, 1.82) is 0 Å². The van der Waals surface area contributed by atoms with Gasteiger partial charge in [0.2, 0.25) is 0 Å². The van der Waals surface area contributed by atoms with Crippen LogP contribution in [-0.2, 0) is 11.3 Å². The minimum atomic E-state index is -1.18. The first kappa shape index (κ1) is 17.9. The van der Waals surface area contributed by atoms with Gasteiger partial charge in [0.25, 0.3) is 5.91 Å². The van der Waals surface area contributed by atoms with E-state index in [0.29, 0.717) is 11.1 Å². The summed E-state index contributed by atoms with van der Waals surface area (Å²) in [5.41, 5.74) is 1.12. The van der Waals surface area contributed by atoms with Crippen LogP contribution in [0.5, 0.6) is 0 Å². The molecule has 0 spiro atoms. The SMILES string of the molecule is COCc1cc(NC(=O)c2ccc3ccccc3c2)c(C(=O)O)cc1Cl. The number of carboxylic acids is 1. The second kappa shape index (κ2) is 7.56. The van der Waals surface area contributed by atoms with Gasteiger partial charge in [-0.3, -0.25) is 4.79 Å². The first-order valence-electron chi connectivity index (χ1n) is 7.84. The highest BCUT2D eigenvalue weighted by atomic mass is 35.5. The van der Waals surface area contributed by atoms with Gasteiger partial charge in [-0.2, -0.15) is 0 Å². The lowest BCUT2D eigenvalue weighted by Crippen LogP contribution is -2.15. The Bertz CT molecular complexity index is 1000. The Morgan fingerprint density at radius 3 is 2.50 bits per heavy atom. The number of halogens is 1. The number of hydrogen-bond acceptors (Lipinski definition) is 3. The van der Waals surface area contributed by atoms with Crippen LogP contribution in [0.1, 0.15) is 26.3 Å². The van der Waals surface area contributed by atoms with E-state index < -0.39 is 11.9 Å². The smallest absolute Gasteiger partial charge is 0.337 e. The molecule has 0 bridgehead atoms. The van der Waals surface area contributed by atoms with Crippen LogP contribution >= 0.6 is 11.6 Å². The fraction of sp³-hybridized carbons (Fsp3) is 0.100. The lowest BCUT2D eigenvalue weighted by Gasteiger charge is -2.12. The van der Waals surface area contributed by atoms with Gasteiger partial charge in [0, 0.05) is 17.7 Å². The maximum Gasteiger partial charge on any atom is 0.337 e. The van der Waals surface area contributed by atoms with Crippen molar-refractivity contribution < 1.29 is 19.4 Å². The van der Waals surface area contributed by atoms with Crippen LogP contribution in [0.3, 0.4) is 0 Å². The highest BCUT2D eigenvalue weighted by molar-refractivity contribution is 6.32. The number of fused-ring (bicyclic) bond motifs is 1. The van der Waals surface area contributed by atoms with Crippen molar-refractivity contribution in [3.05, 3.63) is 76.3 Å². The summed E-state index contributed by atoms with van der Waals surface area (Å²) in [6.07, 6.45) is 0. The van der Waals surface area contributed by atoms with E-state index in [0.717, 1.165) is 10.8 Å². The molecular formula is C20H16ClNO4. The molecule has 3 aromatic carbocycles. The summed E-state index contributed by atoms with van der Waals surface area (Å²) in [7, 11) is 1.51. The summed E-state index contributed by atoms with van der Waals surface area (Å²) in [6.45, 7) is 0.206. The Hall–Kier alpha value is -2.89. The summed E-state index contributed by atoms with van der Waals surface area (Å²) >= 11 is 6.09. The molecule has 6 heteroatoms. The second-order valence-electron chi connectivity index (χ2n) is 5.74. The van der Waals surface area contributed by atoms with Crippen molar-refractivity contribution in [3.8, 4) is 0 Å². The normalized spacial score (nSPS) is 10.7. The predicted molar refractivity (Wildman–Crippen MR) is 101 cm³/mol. The number of rotatable bonds is 5. The van der Waals surface area contributed by atoms with E-state index >= 15 is 0 Å². The highest BCUT2D eigenvalue weighted by Gasteiger charge is 2.17. The van der Waals surface area contributed by atoms with E-state index in [4.69, 9.17) is 16.3 Å². The number of carbonyl (C=O) groups is 2. The molecule has 0 aromatic heterocycles. The zero-order valence-corrected chi connectivity index (χ0v) is 14.7. The predicted octanol–water partition coefficient (Wildman–Crippen LogP) is 4.59. The first-order valence-corrected chi connectivity index (χ1v) is 8.22. The molecule has 3 aromatic rings. The van der Waals surface area contributed by atoms with Crippen LogP contribution in [0, 0.1) is 0 Å². The van der Waals surface area contributed by atoms with E-state index in [-0.39, 0.29) is 22.9 Å². The van der Waals surface area contributed by atoms with Gasteiger partial charge in [0.05, 0.1) is 17.9 Å². The summed E-state index contributed by atoms with van der Waals surface area (Å²) in [5, 5.41) is 14.3. The fourth-order valence-corrected chi connectivity index (χ4v) is 2.91. The number of hydrogen-bond donors (Lipinski definition) is 2. The van der Waals surface area contributed by atoms with Crippen LogP contribution < -0.4 is 5.32 Å². The Morgan fingerprint density at radius 2 is 1.81 bits per heavy atom. The van der Waals surface area contributed by atoms with Gasteiger partial charge in [-0.15, -0.1) is 0 Å². The Kier molecular flexibility index (Phi) is 5.21. The summed E-state index contributed by atoms with van der Waals surface area (Å²) < 4.78 is 5.06. The van der Waals surface area contributed by atoms with E-state index in [1.807, 2.05) is 30.3 Å². The lowest BCUT2D eigenvalue weighted by molar-refractivity contribution is 0.0698. The maximum absolute atomic E-state index is 12.6. The van der Waals surface area contributed by atoms with Crippen LogP contribution in [0.15, 0.2) is 54.6 Å². The van der Waals surface area contributed by atoms with Crippen LogP contribution in [0.4, 0.5) is 5.69 Å². The van der Waals surface area contributed by atoms with Crippen molar-refractivity contribution in [1.82, 2.24) is 0 Å². The van der Waals surface area contributed by atoms with Gasteiger partial charge < -0.3 is 15.2 Å². The van der Waals surface area contributed by atoms with Gasteiger partial charge in [0.1, 0.15) is 0 Å². The third-order valence-electron chi connectivity index (χ3n) is 3.98. The Balaban J connectivity index is 1.96.